The van der Waals surface area contributed by atoms with Crippen molar-refractivity contribution in [3.05, 3.63) is 64.9 Å². The number of halogens is 1. The van der Waals surface area contributed by atoms with Crippen LogP contribution in [0.15, 0.2) is 53.7 Å². The second kappa shape index (κ2) is 9.80. The number of benzene rings is 2. The summed E-state index contributed by atoms with van der Waals surface area (Å²) >= 11 is 7.36. The Bertz CT molecular complexity index is 978. The Morgan fingerprint density at radius 2 is 2.00 bits per heavy atom. The molecule has 1 atom stereocenters. The summed E-state index contributed by atoms with van der Waals surface area (Å²) in [5.41, 5.74) is 1.67. The number of nitrogens with zero attached hydrogens (tertiary/aromatic N) is 3. The highest BCUT2D eigenvalue weighted by Crippen LogP contribution is 2.25. The second-order valence-corrected chi connectivity index (χ2v) is 7.83. The van der Waals surface area contributed by atoms with Crippen LogP contribution in [-0.2, 0) is 11.3 Å². The number of carbonyl (C=O) groups excluding carboxylic acids is 1. The van der Waals surface area contributed by atoms with Gasteiger partial charge in [-0.15, -0.1) is 10.2 Å². The monoisotopic (exact) mass is 430 g/mol. The molecule has 152 valence electrons. The standard InChI is InChI=1S/C21H23ClN4O2S/c1-4-26-20(15(3)28-17-8-6-5-7-9-17)24-25-21(26)29-13-19(27)23-18-12-16(22)11-10-14(18)2/h5-12,15H,4,13H2,1-3H3,(H,23,27)/t15-/m1/s1. The molecule has 0 spiro atoms. The van der Waals surface area contributed by atoms with Gasteiger partial charge >= 0.3 is 0 Å². The molecular formula is C21H23ClN4O2S. The zero-order chi connectivity index (χ0) is 20.8. The van der Waals surface area contributed by atoms with Crippen LogP contribution in [-0.4, -0.2) is 26.4 Å². The molecule has 0 aliphatic carbocycles. The van der Waals surface area contributed by atoms with Crippen molar-refractivity contribution in [2.45, 2.75) is 38.6 Å². The van der Waals surface area contributed by atoms with Crippen LogP contribution >= 0.6 is 23.4 Å². The van der Waals surface area contributed by atoms with Gasteiger partial charge in [-0.1, -0.05) is 47.6 Å². The minimum Gasteiger partial charge on any atom is -0.483 e. The highest BCUT2D eigenvalue weighted by Gasteiger charge is 2.19. The van der Waals surface area contributed by atoms with Crippen LogP contribution in [0.4, 0.5) is 5.69 Å². The maximum absolute atomic E-state index is 12.4. The number of carbonyl (C=O) groups is 1. The van der Waals surface area contributed by atoms with Gasteiger partial charge in [-0.05, 0) is 50.6 Å². The molecule has 1 aromatic heterocycles. The normalized spacial score (nSPS) is 11.9. The number of hydrogen-bond donors (Lipinski definition) is 1. The quantitative estimate of drug-likeness (QED) is 0.501. The highest BCUT2D eigenvalue weighted by molar-refractivity contribution is 7.99. The lowest BCUT2D eigenvalue weighted by molar-refractivity contribution is -0.113. The van der Waals surface area contributed by atoms with Gasteiger partial charge in [-0.2, -0.15) is 0 Å². The predicted octanol–water partition coefficient (Wildman–Crippen LogP) is 5.13. The van der Waals surface area contributed by atoms with Crippen molar-refractivity contribution in [1.82, 2.24) is 14.8 Å². The number of aryl methyl sites for hydroxylation is 1. The SMILES string of the molecule is CCn1c(SCC(=O)Nc2cc(Cl)ccc2C)nnc1[C@@H](C)Oc1ccccc1. The molecule has 0 saturated heterocycles. The molecule has 3 aromatic rings. The fourth-order valence-corrected chi connectivity index (χ4v) is 3.79. The first-order valence-corrected chi connectivity index (χ1v) is 10.7. The molecule has 1 N–H and O–H groups in total. The van der Waals surface area contributed by atoms with Gasteiger partial charge < -0.3 is 14.6 Å². The van der Waals surface area contributed by atoms with Crippen LogP contribution in [0.25, 0.3) is 0 Å². The molecule has 0 aliphatic rings. The molecule has 0 radical (unpaired) electrons. The van der Waals surface area contributed by atoms with Gasteiger partial charge in [0.05, 0.1) is 5.75 Å². The summed E-state index contributed by atoms with van der Waals surface area (Å²) in [6.45, 7) is 6.56. The number of para-hydroxylation sites is 1. The second-order valence-electron chi connectivity index (χ2n) is 6.45. The first-order valence-electron chi connectivity index (χ1n) is 9.31. The molecule has 0 fully saturated rings. The van der Waals surface area contributed by atoms with Crippen molar-refractivity contribution in [2.24, 2.45) is 0 Å². The summed E-state index contributed by atoms with van der Waals surface area (Å²) < 4.78 is 7.93. The maximum Gasteiger partial charge on any atom is 0.234 e. The van der Waals surface area contributed by atoms with Gasteiger partial charge in [-0.25, -0.2) is 0 Å². The molecule has 0 bridgehead atoms. The Labute approximate surface area is 179 Å². The van der Waals surface area contributed by atoms with E-state index in [1.54, 1.807) is 12.1 Å². The molecule has 3 rings (SSSR count). The summed E-state index contributed by atoms with van der Waals surface area (Å²) in [6, 6.07) is 15.0. The Morgan fingerprint density at radius 1 is 1.24 bits per heavy atom. The van der Waals surface area contributed by atoms with Crippen molar-refractivity contribution >= 4 is 35.0 Å². The molecule has 2 aromatic carbocycles. The minimum absolute atomic E-state index is 0.124. The summed E-state index contributed by atoms with van der Waals surface area (Å²) in [4.78, 5) is 12.4. The third kappa shape index (κ3) is 5.52. The van der Waals surface area contributed by atoms with E-state index in [0.29, 0.717) is 22.4 Å². The average Bonchev–Trinajstić information content (AvgIpc) is 3.13. The molecule has 8 heteroatoms. The van der Waals surface area contributed by atoms with Crippen LogP contribution in [0.1, 0.15) is 31.3 Å². The zero-order valence-corrected chi connectivity index (χ0v) is 18.1. The Balaban J connectivity index is 1.64. The Kier molecular flexibility index (Phi) is 7.17. The number of nitrogens with one attached hydrogen (secondary N) is 1. The molecule has 1 amide bonds. The highest BCUT2D eigenvalue weighted by atomic mass is 35.5. The van der Waals surface area contributed by atoms with E-state index in [-0.39, 0.29) is 17.8 Å². The maximum atomic E-state index is 12.4. The number of thioether (sulfide) groups is 1. The van der Waals surface area contributed by atoms with Crippen molar-refractivity contribution in [2.75, 3.05) is 11.1 Å². The fourth-order valence-electron chi connectivity index (χ4n) is 2.81. The first kappa shape index (κ1) is 21.2. The van der Waals surface area contributed by atoms with E-state index in [1.165, 1.54) is 11.8 Å². The van der Waals surface area contributed by atoms with Crippen LogP contribution in [0, 0.1) is 6.92 Å². The van der Waals surface area contributed by atoms with E-state index < -0.39 is 0 Å². The number of amides is 1. The van der Waals surface area contributed by atoms with E-state index in [1.807, 2.05) is 61.7 Å². The Morgan fingerprint density at radius 3 is 2.72 bits per heavy atom. The van der Waals surface area contributed by atoms with Gasteiger partial charge in [0.15, 0.2) is 17.1 Å². The van der Waals surface area contributed by atoms with Gasteiger partial charge in [0.25, 0.3) is 0 Å². The summed E-state index contributed by atoms with van der Waals surface area (Å²) in [5, 5.41) is 12.7. The van der Waals surface area contributed by atoms with Crippen LogP contribution in [0.5, 0.6) is 5.75 Å². The first-order chi connectivity index (χ1) is 14.0. The largest absolute Gasteiger partial charge is 0.483 e. The van der Waals surface area contributed by atoms with Crippen molar-refractivity contribution in [3.63, 3.8) is 0 Å². The van der Waals surface area contributed by atoms with E-state index >= 15 is 0 Å². The van der Waals surface area contributed by atoms with Crippen LogP contribution in [0.2, 0.25) is 5.02 Å². The van der Waals surface area contributed by atoms with Crippen LogP contribution in [0.3, 0.4) is 0 Å². The number of hydrogen-bond acceptors (Lipinski definition) is 5. The number of ether oxygens (including phenoxy) is 1. The van der Waals surface area contributed by atoms with E-state index in [0.717, 1.165) is 17.1 Å². The molecule has 0 aliphatic heterocycles. The summed E-state index contributed by atoms with van der Waals surface area (Å²) in [7, 11) is 0. The third-order valence-electron chi connectivity index (χ3n) is 4.29. The molecule has 6 nitrogen and oxygen atoms in total. The van der Waals surface area contributed by atoms with Crippen molar-refractivity contribution in [1.29, 1.82) is 0 Å². The zero-order valence-electron chi connectivity index (χ0n) is 16.6. The smallest absolute Gasteiger partial charge is 0.234 e. The van der Waals surface area contributed by atoms with Crippen molar-refractivity contribution < 1.29 is 9.53 Å². The van der Waals surface area contributed by atoms with Gasteiger partial charge in [0.2, 0.25) is 5.91 Å². The number of rotatable bonds is 8. The number of anilines is 1. The molecule has 0 unspecified atom stereocenters. The summed E-state index contributed by atoms with van der Waals surface area (Å²) in [5.74, 6) is 1.60. The lowest BCUT2D eigenvalue weighted by Crippen LogP contribution is -2.16. The van der Waals surface area contributed by atoms with Crippen LogP contribution < -0.4 is 10.1 Å². The van der Waals surface area contributed by atoms with Gasteiger partial charge in [0.1, 0.15) is 5.75 Å². The minimum atomic E-state index is -0.262. The summed E-state index contributed by atoms with van der Waals surface area (Å²) in [6.07, 6.45) is -0.262. The molecule has 29 heavy (non-hydrogen) atoms. The topological polar surface area (TPSA) is 69.0 Å². The molecule has 1 heterocycles. The average molecular weight is 431 g/mol. The van der Waals surface area contributed by atoms with Gasteiger partial charge in [0, 0.05) is 17.3 Å². The lowest BCUT2D eigenvalue weighted by Gasteiger charge is -2.15. The third-order valence-corrected chi connectivity index (χ3v) is 5.49. The molecule has 0 saturated carbocycles. The molecular weight excluding hydrogens is 408 g/mol. The van der Waals surface area contributed by atoms with E-state index in [9.17, 15) is 4.79 Å². The van der Waals surface area contributed by atoms with E-state index in [4.69, 9.17) is 16.3 Å². The Hall–Kier alpha value is -2.51. The number of aromatic nitrogens is 3. The van der Waals surface area contributed by atoms with E-state index in [2.05, 4.69) is 15.5 Å². The van der Waals surface area contributed by atoms with Gasteiger partial charge in [-0.3, -0.25) is 4.79 Å². The van der Waals surface area contributed by atoms with Crippen molar-refractivity contribution in [3.8, 4) is 5.75 Å². The fraction of sp³-hybridized carbons (Fsp3) is 0.286. The predicted molar refractivity (Wildman–Crippen MR) is 117 cm³/mol. The lowest BCUT2D eigenvalue weighted by atomic mass is 10.2.